The van der Waals surface area contributed by atoms with Crippen molar-refractivity contribution in [3.05, 3.63) is 65.7 Å². The van der Waals surface area contributed by atoms with Gasteiger partial charge in [-0.3, -0.25) is 9.59 Å². The number of nitrogens with zero attached hydrogens (tertiary/aromatic N) is 2. The number of aliphatic hydroxyl groups is 1. The van der Waals surface area contributed by atoms with Crippen LogP contribution in [0.15, 0.2) is 54.6 Å². The molecule has 0 bridgehead atoms. The Morgan fingerprint density at radius 1 is 0.943 bits per heavy atom. The van der Waals surface area contributed by atoms with Gasteiger partial charge >= 0.3 is 0 Å². The molecule has 2 aromatic rings. The number of carbonyl (C=O) groups is 2. The van der Waals surface area contributed by atoms with Gasteiger partial charge in [0.2, 0.25) is 5.91 Å². The molecule has 0 aliphatic rings. The third-order valence-electron chi connectivity index (χ3n) is 5.96. The summed E-state index contributed by atoms with van der Waals surface area (Å²) in [5.74, 6) is 0.371. The average molecular weight is 484 g/mol. The zero-order valence-corrected chi connectivity index (χ0v) is 21.4. The molecule has 1 atom stereocenters. The first-order chi connectivity index (χ1) is 17.0. The Morgan fingerprint density at radius 3 is 2.23 bits per heavy atom. The summed E-state index contributed by atoms with van der Waals surface area (Å²) >= 11 is 0. The molecule has 0 saturated heterocycles. The molecule has 2 aromatic carbocycles. The summed E-state index contributed by atoms with van der Waals surface area (Å²) in [6.07, 6.45) is 1.68. The minimum Gasteiger partial charge on any atom is -0.492 e. The van der Waals surface area contributed by atoms with E-state index < -0.39 is 6.04 Å². The molecule has 0 heterocycles. The maximum Gasteiger partial charge on any atom is 0.251 e. The maximum absolute atomic E-state index is 13.4. The lowest BCUT2D eigenvalue weighted by Gasteiger charge is -2.28. The highest BCUT2D eigenvalue weighted by atomic mass is 16.5. The van der Waals surface area contributed by atoms with Crippen molar-refractivity contribution in [3.63, 3.8) is 0 Å². The number of benzene rings is 2. The molecule has 192 valence electrons. The number of aliphatic hydroxyl groups excluding tert-OH is 1. The van der Waals surface area contributed by atoms with Crippen LogP contribution in [0.4, 0.5) is 0 Å². The van der Waals surface area contributed by atoms with Crippen molar-refractivity contribution in [1.29, 1.82) is 0 Å². The summed E-state index contributed by atoms with van der Waals surface area (Å²) in [5.41, 5.74) is 1.45. The van der Waals surface area contributed by atoms with E-state index in [1.54, 1.807) is 29.2 Å². The topological polar surface area (TPSA) is 82.1 Å². The smallest absolute Gasteiger partial charge is 0.251 e. The second-order valence-electron chi connectivity index (χ2n) is 8.52. The van der Waals surface area contributed by atoms with Crippen molar-refractivity contribution in [2.24, 2.45) is 0 Å². The van der Waals surface area contributed by atoms with Crippen molar-refractivity contribution in [3.8, 4) is 5.75 Å². The summed E-state index contributed by atoms with van der Waals surface area (Å²) in [5, 5.41) is 12.2. The van der Waals surface area contributed by atoms with Crippen molar-refractivity contribution in [1.82, 2.24) is 15.1 Å². The highest BCUT2D eigenvalue weighted by Crippen LogP contribution is 2.15. The zero-order chi connectivity index (χ0) is 25.5. The lowest BCUT2D eigenvalue weighted by molar-refractivity contribution is -0.133. The van der Waals surface area contributed by atoms with E-state index in [1.807, 2.05) is 37.3 Å². The predicted octanol–water partition coefficient (Wildman–Crippen LogP) is 3.37. The van der Waals surface area contributed by atoms with E-state index in [4.69, 9.17) is 4.74 Å². The van der Waals surface area contributed by atoms with Crippen LogP contribution in [0.1, 0.15) is 49.5 Å². The van der Waals surface area contributed by atoms with Crippen LogP contribution in [-0.4, -0.2) is 78.7 Å². The van der Waals surface area contributed by atoms with E-state index in [0.29, 0.717) is 38.1 Å². The van der Waals surface area contributed by atoms with Crippen LogP contribution < -0.4 is 10.1 Å². The number of rotatable bonds is 16. The molecule has 0 fully saturated rings. The van der Waals surface area contributed by atoms with Crippen LogP contribution in [-0.2, 0) is 11.2 Å². The average Bonchev–Trinajstić information content (AvgIpc) is 2.89. The van der Waals surface area contributed by atoms with Crippen LogP contribution in [0.5, 0.6) is 5.75 Å². The van der Waals surface area contributed by atoms with Gasteiger partial charge in [-0.25, -0.2) is 0 Å². The second kappa shape index (κ2) is 15.9. The van der Waals surface area contributed by atoms with Crippen LogP contribution in [0, 0.1) is 0 Å². The van der Waals surface area contributed by atoms with Gasteiger partial charge in [-0.15, -0.1) is 0 Å². The molecule has 2 rings (SSSR count). The molecule has 2 N–H and O–H groups in total. The molecule has 0 saturated carbocycles. The van der Waals surface area contributed by atoms with Gasteiger partial charge in [0, 0.05) is 38.2 Å². The highest BCUT2D eigenvalue weighted by Gasteiger charge is 2.26. The van der Waals surface area contributed by atoms with Gasteiger partial charge in [0.15, 0.2) is 0 Å². The summed E-state index contributed by atoms with van der Waals surface area (Å²) in [7, 11) is 0. The third kappa shape index (κ3) is 9.70. The number of likely N-dealkylation sites (N-methyl/N-ethyl adjacent to an activating group) is 1. The van der Waals surface area contributed by atoms with Crippen molar-refractivity contribution < 1.29 is 19.4 Å². The first-order valence-corrected chi connectivity index (χ1v) is 12.7. The van der Waals surface area contributed by atoms with Crippen LogP contribution in [0.25, 0.3) is 0 Å². The molecule has 0 radical (unpaired) electrons. The van der Waals surface area contributed by atoms with Crippen molar-refractivity contribution in [2.75, 3.05) is 45.9 Å². The summed E-state index contributed by atoms with van der Waals surface area (Å²) in [6, 6.07) is 15.9. The van der Waals surface area contributed by atoms with Gasteiger partial charge < -0.3 is 25.0 Å². The number of hydrogen-bond acceptors (Lipinski definition) is 5. The largest absolute Gasteiger partial charge is 0.492 e. The quantitative estimate of drug-likeness (QED) is 0.383. The predicted molar refractivity (Wildman–Crippen MR) is 140 cm³/mol. The molecular weight excluding hydrogens is 442 g/mol. The first-order valence-electron chi connectivity index (χ1n) is 12.7. The molecule has 2 amide bonds. The van der Waals surface area contributed by atoms with E-state index >= 15 is 0 Å². The van der Waals surface area contributed by atoms with Crippen LogP contribution in [0.3, 0.4) is 0 Å². The van der Waals surface area contributed by atoms with Gasteiger partial charge in [-0.05, 0) is 55.8 Å². The SMILES string of the molecule is CCCN(CCCO)C(=O)[C@@H](Cc1ccc(OCCN(CC)CC)cc1)NC(=O)c1ccccc1. The van der Waals surface area contributed by atoms with Gasteiger partial charge in [0.1, 0.15) is 18.4 Å². The molecule has 0 unspecified atom stereocenters. The Bertz CT molecular complexity index is 870. The molecule has 0 aliphatic carbocycles. The van der Waals surface area contributed by atoms with Gasteiger partial charge in [-0.1, -0.05) is 51.1 Å². The monoisotopic (exact) mass is 483 g/mol. The van der Waals surface area contributed by atoms with Gasteiger partial charge in [0.05, 0.1) is 0 Å². The van der Waals surface area contributed by atoms with E-state index in [0.717, 1.165) is 37.4 Å². The highest BCUT2D eigenvalue weighted by molar-refractivity contribution is 5.97. The van der Waals surface area contributed by atoms with E-state index in [-0.39, 0.29) is 18.4 Å². The number of carbonyl (C=O) groups excluding carboxylic acids is 2. The normalized spacial score (nSPS) is 11.8. The number of hydrogen-bond donors (Lipinski definition) is 2. The van der Waals surface area contributed by atoms with Crippen molar-refractivity contribution >= 4 is 11.8 Å². The van der Waals surface area contributed by atoms with Crippen LogP contribution >= 0.6 is 0 Å². The van der Waals surface area contributed by atoms with Gasteiger partial charge in [-0.2, -0.15) is 0 Å². The van der Waals surface area contributed by atoms with E-state index in [2.05, 4.69) is 24.1 Å². The van der Waals surface area contributed by atoms with Gasteiger partial charge in [0.25, 0.3) is 5.91 Å². The fraction of sp³-hybridized carbons (Fsp3) is 0.500. The van der Waals surface area contributed by atoms with Crippen molar-refractivity contribution in [2.45, 2.75) is 46.1 Å². The molecule has 0 aromatic heterocycles. The Hall–Kier alpha value is -2.90. The van der Waals surface area contributed by atoms with Crippen LogP contribution in [0.2, 0.25) is 0 Å². The number of ether oxygens (including phenoxy) is 1. The minimum atomic E-state index is -0.706. The Morgan fingerprint density at radius 2 is 1.63 bits per heavy atom. The standard InChI is InChI=1S/C28H41N3O4/c1-4-17-31(18-10-20-32)28(34)26(29-27(33)24-11-8-7-9-12-24)22-23-13-15-25(16-14-23)35-21-19-30(5-2)6-3/h7-9,11-16,26,32H,4-6,10,17-22H2,1-3H3,(H,29,33)/t26-/m1/s1. The lowest BCUT2D eigenvalue weighted by atomic mass is 10.0. The Labute approximate surface area is 210 Å². The number of nitrogens with one attached hydrogen (secondary N) is 1. The zero-order valence-electron chi connectivity index (χ0n) is 21.4. The van der Waals surface area contributed by atoms with E-state index in [1.165, 1.54) is 0 Å². The second-order valence-corrected chi connectivity index (χ2v) is 8.52. The Kier molecular flexibility index (Phi) is 12.9. The lowest BCUT2D eigenvalue weighted by Crippen LogP contribution is -2.50. The molecule has 35 heavy (non-hydrogen) atoms. The molecule has 0 aliphatic heterocycles. The molecule has 7 nitrogen and oxygen atoms in total. The molecule has 0 spiro atoms. The Balaban J connectivity index is 2.11. The molecular formula is C28H41N3O4. The maximum atomic E-state index is 13.4. The van der Waals surface area contributed by atoms with E-state index in [9.17, 15) is 14.7 Å². The summed E-state index contributed by atoms with van der Waals surface area (Å²) in [4.78, 5) is 30.4. The fourth-order valence-electron chi connectivity index (χ4n) is 3.91. The fourth-order valence-corrected chi connectivity index (χ4v) is 3.91. The molecule has 7 heteroatoms. The number of amides is 2. The minimum absolute atomic E-state index is 0.0181. The summed E-state index contributed by atoms with van der Waals surface area (Å²) in [6.45, 7) is 10.8. The summed E-state index contributed by atoms with van der Waals surface area (Å²) < 4.78 is 5.87. The third-order valence-corrected chi connectivity index (χ3v) is 5.96. The first kappa shape index (κ1) is 28.3.